The Kier molecular flexibility index (Phi) is 6.75. The van der Waals surface area contributed by atoms with Gasteiger partial charge in [0.25, 0.3) is 0 Å². The van der Waals surface area contributed by atoms with Gasteiger partial charge in [-0.3, -0.25) is 14.3 Å². The van der Waals surface area contributed by atoms with Gasteiger partial charge in [0.15, 0.2) is 0 Å². The van der Waals surface area contributed by atoms with Crippen LogP contribution in [0.1, 0.15) is 90.2 Å². The molecule has 13 nitrogen and oxygen atoms in total. The van der Waals surface area contributed by atoms with Crippen molar-refractivity contribution >= 4 is 0 Å². The first kappa shape index (κ1) is 28.8. The van der Waals surface area contributed by atoms with Crippen LogP contribution >= 0.6 is 0 Å². The maximum Gasteiger partial charge on any atom is 0.139 e. The summed E-state index contributed by atoms with van der Waals surface area (Å²) in [5.74, 6) is 0. The summed E-state index contributed by atoms with van der Waals surface area (Å²) in [7, 11) is 0. The minimum absolute atomic E-state index is 0.403. The van der Waals surface area contributed by atoms with Crippen LogP contribution in [0.15, 0.2) is 43.0 Å². The summed E-state index contributed by atoms with van der Waals surface area (Å²) in [6.45, 7) is 15.9. The van der Waals surface area contributed by atoms with Crippen LogP contribution in [0.4, 0.5) is 0 Å². The lowest BCUT2D eigenvalue weighted by atomic mass is 9.84. The summed E-state index contributed by atoms with van der Waals surface area (Å²) in [5.41, 5.74) is 0.150. The summed E-state index contributed by atoms with van der Waals surface area (Å²) in [5, 5.41) is 57.0. The van der Waals surface area contributed by atoms with Crippen LogP contribution in [-0.4, -0.2) is 87.8 Å². The second-order valence-electron chi connectivity index (χ2n) is 12.9. The highest BCUT2D eigenvalue weighted by molar-refractivity contribution is 5.20. The molecule has 0 bridgehead atoms. The lowest BCUT2D eigenvalue weighted by Gasteiger charge is -2.37. The normalized spacial score (nSPS) is 23.9. The van der Waals surface area contributed by atoms with E-state index >= 15 is 0 Å². The maximum absolute atomic E-state index is 10.8. The zero-order valence-electron chi connectivity index (χ0n) is 24.4. The van der Waals surface area contributed by atoms with E-state index in [1.807, 2.05) is 73.6 Å². The molecule has 0 radical (unpaired) electrons. The molecule has 2 aliphatic rings. The van der Waals surface area contributed by atoms with E-state index in [0.29, 0.717) is 24.2 Å². The molecule has 0 spiro atoms. The van der Waals surface area contributed by atoms with Gasteiger partial charge in [-0.25, -0.2) is 0 Å². The number of aromatic nitrogens is 5. The lowest BCUT2D eigenvalue weighted by Crippen LogP contribution is -2.52. The molecule has 5 heterocycles. The van der Waals surface area contributed by atoms with E-state index in [2.05, 4.69) is 10.2 Å². The summed E-state index contributed by atoms with van der Waals surface area (Å²) in [6, 6.07) is 5.74. The molecule has 2 saturated heterocycles. The molecule has 13 heteroatoms. The Balaban J connectivity index is 1.29. The molecule has 218 valence electrons. The van der Waals surface area contributed by atoms with E-state index in [9.17, 15) is 20.8 Å². The summed E-state index contributed by atoms with van der Waals surface area (Å²) in [4.78, 5) is 4.77. The third kappa shape index (κ3) is 4.20. The molecule has 0 aromatic carbocycles. The van der Waals surface area contributed by atoms with Gasteiger partial charge < -0.3 is 20.8 Å². The fourth-order valence-corrected chi connectivity index (χ4v) is 5.35. The number of rotatable bonds is 6. The van der Waals surface area contributed by atoms with E-state index in [-0.39, 0.29) is 0 Å². The molecule has 0 saturated carbocycles. The minimum atomic E-state index is -0.743. The largest absolute Gasteiger partial charge is 0.311 e. The molecule has 0 unspecified atom stereocenters. The van der Waals surface area contributed by atoms with Gasteiger partial charge in [-0.1, -0.05) is 6.07 Å². The monoisotopic (exact) mass is 555 g/mol. The fraction of sp³-hybridized carbons (Fsp3) is 0.593. The lowest BCUT2D eigenvalue weighted by molar-refractivity contribution is -0.223. The summed E-state index contributed by atoms with van der Waals surface area (Å²) in [6.07, 6.45) is 5.40. The van der Waals surface area contributed by atoms with E-state index in [1.165, 1.54) is 20.3 Å². The Labute approximate surface area is 234 Å². The van der Waals surface area contributed by atoms with Crippen LogP contribution in [-0.2, 0) is 13.1 Å². The van der Waals surface area contributed by atoms with Crippen molar-refractivity contribution in [2.24, 2.45) is 0 Å². The zero-order valence-corrected chi connectivity index (χ0v) is 24.4. The van der Waals surface area contributed by atoms with Crippen LogP contribution < -0.4 is 0 Å². The smallest absolute Gasteiger partial charge is 0.139 e. The minimum Gasteiger partial charge on any atom is -0.311 e. The van der Waals surface area contributed by atoms with Gasteiger partial charge in [-0.15, -0.1) is 0 Å². The second-order valence-corrected chi connectivity index (χ2v) is 12.9. The molecule has 2 aliphatic heterocycles. The van der Waals surface area contributed by atoms with Gasteiger partial charge in [-0.05, 0) is 67.5 Å². The van der Waals surface area contributed by atoms with Gasteiger partial charge in [0.2, 0.25) is 0 Å². The standard InChI is InChI=1S/C27H41N9O4/c1-24(2)25(3,4)34(38)22(33(24)37)18-12-28-31(14-18)16-20-10-9-11-21(30-20)17-32-15-19(13-29-32)23-35(39)26(5,6)27(7,8)36(23)40/h9-15,22-23,37-40H,16-17H2,1-8H3. The maximum atomic E-state index is 10.8. The molecule has 3 aromatic heterocycles. The van der Waals surface area contributed by atoms with Crippen molar-refractivity contribution in [1.82, 2.24) is 44.8 Å². The van der Waals surface area contributed by atoms with Crippen molar-refractivity contribution in [3.05, 3.63) is 65.5 Å². The molecular formula is C27H41N9O4. The van der Waals surface area contributed by atoms with Crippen LogP contribution in [0.5, 0.6) is 0 Å². The first-order valence-corrected chi connectivity index (χ1v) is 13.4. The molecule has 0 atom stereocenters. The highest BCUT2D eigenvalue weighted by atomic mass is 16.6. The van der Waals surface area contributed by atoms with Crippen LogP contribution in [0.3, 0.4) is 0 Å². The Morgan fingerprint density at radius 1 is 0.600 bits per heavy atom. The van der Waals surface area contributed by atoms with E-state index < -0.39 is 34.5 Å². The fourth-order valence-electron chi connectivity index (χ4n) is 5.35. The van der Waals surface area contributed by atoms with Crippen molar-refractivity contribution < 1.29 is 20.8 Å². The van der Waals surface area contributed by atoms with Gasteiger partial charge in [0.1, 0.15) is 12.3 Å². The van der Waals surface area contributed by atoms with E-state index in [4.69, 9.17) is 4.98 Å². The SMILES string of the molecule is CC1(C)N(O)C(c2cnn(Cc3cccc(Cn4cc(C5N(O)C(C)(C)C(C)(C)N5O)cn4)n3)c2)N(O)C1(C)C. The first-order valence-electron chi connectivity index (χ1n) is 13.4. The molecule has 2 fully saturated rings. The number of nitrogens with zero attached hydrogens (tertiary/aromatic N) is 9. The second kappa shape index (κ2) is 9.39. The molecule has 0 aliphatic carbocycles. The summed E-state index contributed by atoms with van der Waals surface area (Å²) >= 11 is 0. The quantitative estimate of drug-likeness (QED) is 0.355. The van der Waals surface area contributed by atoms with Crippen molar-refractivity contribution in [2.45, 2.75) is 103 Å². The topological polar surface area (TPSA) is 142 Å². The number of hydrogen-bond donors (Lipinski definition) is 4. The molecule has 5 rings (SSSR count). The van der Waals surface area contributed by atoms with Gasteiger partial charge in [0, 0.05) is 23.5 Å². The molecular weight excluding hydrogens is 514 g/mol. The highest BCUT2D eigenvalue weighted by Gasteiger charge is 2.59. The van der Waals surface area contributed by atoms with Crippen LogP contribution in [0, 0.1) is 0 Å². The number of hydroxylamine groups is 8. The van der Waals surface area contributed by atoms with Crippen molar-refractivity contribution in [2.75, 3.05) is 0 Å². The van der Waals surface area contributed by atoms with Crippen molar-refractivity contribution in [1.29, 1.82) is 0 Å². The first-order chi connectivity index (χ1) is 18.5. The van der Waals surface area contributed by atoms with E-state index in [0.717, 1.165) is 11.4 Å². The third-order valence-electron chi connectivity index (χ3n) is 9.63. The van der Waals surface area contributed by atoms with Crippen molar-refractivity contribution in [3.8, 4) is 0 Å². The Hall–Kier alpha value is -2.75. The summed E-state index contributed by atoms with van der Waals surface area (Å²) < 4.78 is 3.45. The van der Waals surface area contributed by atoms with Gasteiger partial charge >= 0.3 is 0 Å². The molecule has 3 aromatic rings. The average Bonchev–Trinajstić information content (AvgIpc) is 3.57. The van der Waals surface area contributed by atoms with E-state index in [1.54, 1.807) is 34.2 Å². The predicted octanol–water partition coefficient (Wildman–Crippen LogP) is 3.47. The predicted molar refractivity (Wildman–Crippen MR) is 143 cm³/mol. The Bertz CT molecular complexity index is 1240. The Morgan fingerprint density at radius 3 is 1.25 bits per heavy atom. The molecule has 40 heavy (non-hydrogen) atoms. The number of pyridine rings is 1. The van der Waals surface area contributed by atoms with Gasteiger partial charge in [0.05, 0.1) is 59.0 Å². The zero-order chi connectivity index (χ0) is 29.4. The average molecular weight is 556 g/mol. The molecule has 4 N–H and O–H groups in total. The third-order valence-corrected chi connectivity index (χ3v) is 9.63. The van der Waals surface area contributed by atoms with Crippen molar-refractivity contribution in [3.63, 3.8) is 0 Å². The van der Waals surface area contributed by atoms with Crippen LogP contribution in [0.2, 0.25) is 0 Å². The Morgan fingerprint density at radius 2 is 0.925 bits per heavy atom. The van der Waals surface area contributed by atoms with Crippen LogP contribution in [0.25, 0.3) is 0 Å². The number of hydrogen-bond acceptors (Lipinski definition) is 11. The van der Waals surface area contributed by atoms with Gasteiger partial charge in [-0.2, -0.15) is 30.5 Å². The molecule has 0 amide bonds. The highest BCUT2D eigenvalue weighted by Crippen LogP contribution is 2.48.